The summed E-state index contributed by atoms with van der Waals surface area (Å²) in [5.41, 5.74) is 1.54. The maximum atomic E-state index is 12.2. The first kappa shape index (κ1) is 16.2. The first-order chi connectivity index (χ1) is 10.1. The van der Waals surface area contributed by atoms with E-state index in [2.05, 4.69) is 5.32 Å². The SMILES string of the molecule is O=C(NC(CCl)Cc1ccccc1)c1cc(Cl)cc(Cl)c1. The molecule has 5 heteroatoms. The van der Waals surface area contributed by atoms with Gasteiger partial charge in [0.15, 0.2) is 0 Å². The van der Waals surface area contributed by atoms with Crippen molar-refractivity contribution in [1.82, 2.24) is 5.32 Å². The topological polar surface area (TPSA) is 29.1 Å². The van der Waals surface area contributed by atoms with Gasteiger partial charge < -0.3 is 5.32 Å². The highest BCUT2D eigenvalue weighted by Crippen LogP contribution is 2.19. The van der Waals surface area contributed by atoms with E-state index in [9.17, 15) is 4.79 Å². The Morgan fingerprint density at radius 1 is 1.05 bits per heavy atom. The Bertz CT molecular complexity index is 596. The van der Waals surface area contributed by atoms with Crippen LogP contribution in [0.15, 0.2) is 48.5 Å². The molecule has 110 valence electrons. The molecule has 0 saturated heterocycles. The molecule has 0 aromatic heterocycles. The van der Waals surface area contributed by atoms with E-state index in [1.807, 2.05) is 30.3 Å². The molecule has 0 saturated carbocycles. The fraction of sp³-hybridized carbons (Fsp3) is 0.188. The third-order valence-electron chi connectivity index (χ3n) is 2.97. The molecule has 0 fully saturated rings. The van der Waals surface area contributed by atoms with Crippen LogP contribution in [-0.2, 0) is 6.42 Å². The minimum absolute atomic E-state index is 0.153. The number of hydrogen-bond donors (Lipinski definition) is 1. The zero-order valence-corrected chi connectivity index (χ0v) is 13.4. The molecule has 0 aliphatic heterocycles. The number of rotatable bonds is 5. The molecule has 2 aromatic rings. The number of alkyl halides is 1. The van der Waals surface area contributed by atoms with Crippen LogP contribution in [0.1, 0.15) is 15.9 Å². The number of amides is 1. The molecule has 0 heterocycles. The second-order valence-electron chi connectivity index (χ2n) is 4.67. The maximum absolute atomic E-state index is 12.2. The zero-order valence-electron chi connectivity index (χ0n) is 11.2. The van der Waals surface area contributed by atoms with Crippen LogP contribution in [0.2, 0.25) is 10.0 Å². The Balaban J connectivity index is 2.05. The summed E-state index contributed by atoms with van der Waals surface area (Å²) in [6, 6.07) is 14.5. The Morgan fingerprint density at radius 2 is 1.67 bits per heavy atom. The minimum Gasteiger partial charge on any atom is -0.348 e. The van der Waals surface area contributed by atoms with Crippen LogP contribution in [0.4, 0.5) is 0 Å². The van der Waals surface area contributed by atoms with Crippen molar-refractivity contribution in [2.45, 2.75) is 12.5 Å². The van der Waals surface area contributed by atoms with Gasteiger partial charge in [-0.15, -0.1) is 11.6 Å². The molecule has 1 unspecified atom stereocenters. The van der Waals surface area contributed by atoms with Crippen LogP contribution in [0.3, 0.4) is 0 Å². The zero-order chi connectivity index (χ0) is 15.2. The highest BCUT2D eigenvalue weighted by atomic mass is 35.5. The normalized spacial score (nSPS) is 12.0. The molecular formula is C16H14Cl3NO. The van der Waals surface area contributed by atoms with Crippen LogP contribution in [-0.4, -0.2) is 17.8 Å². The molecule has 21 heavy (non-hydrogen) atoms. The summed E-state index contributed by atoms with van der Waals surface area (Å²) in [6.45, 7) is 0. The molecule has 0 bridgehead atoms. The van der Waals surface area contributed by atoms with Crippen molar-refractivity contribution < 1.29 is 4.79 Å². The number of nitrogens with one attached hydrogen (secondary N) is 1. The molecule has 1 N–H and O–H groups in total. The van der Waals surface area contributed by atoms with Crippen molar-refractivity contribution in [3.8, 4) is 0 Å². The quantitative estimate of drug-likeness (QED) is 0.792. The summed E-state index contributed by atoms with van der Waals surface area (Å²) in [7, 11) is 0. The molecule has 1 atom stereocenters. The van der Waals surface area contributed by atoms with Gasteiger partial charge in [-0.3, -0.25) is 4.79 Å². The fourth-order valence-electron chi connectivity index (χ4n) is 2.00. The molecule has 2 aromatic carbocycles. The van der Waals surface area contributed by atoms with Gasteiger partial charge in [-0.2, -0.15) is 0 Å². The van der Waals surface area contributed by atoms with Crippen LogP contribution >= 0.6 is 34.8 Å². The largest absolute Gasteiger partial charge is 0.348 e. The predicted molar refractivity (Wildman–Crippen MR) is 88.6 cm³/mol. The third kappa shape index (κ3) is 4.92. The fourth-order valence-corrected chi connectivity index (χ4v) is 2.71. The third-order valence-corrected chi connectivity index (χ3v) is 3.78. The smallest absolute Gasteiger partial charge is 0.251 e. The van der Waals surface area contributed by atoms with Crippen LogP contribution in [0.5, 0.6) is 0 Å². The highest BCUT2D eigenvalue weighted by Gasteiger charge is 2.14. The van der Waals surface area contributed by atoms with Gasteiger partial charge in [0.05, 0.1) is 0 Å². The van der Waals surface area contributed by atoms with Crippen molar-refractivity contribution >= 4 is 40.7 Å². The van der Waals surface area contributed by atoms with Crippen LogP contribution in [0.25, 0.3) is 0 Å². The number of carbonyl (C=O) groups excluding carboxylic acids is 1. The monoisotopic (exact) mass is 341 g/mol. The Hall–Kier alpha value is -1.22. The molecule has 0 radical (unpaired) electrons. The van der Waals surface area contributed by atoms with Gasteiger partial charge in [0.1, 0.15) is 0 Å². The average molecular weight is 343 g/mol. The van der Waals surface area contributed by atoms with Crippen molar-refractivity contribution in [1.29, 1.82) is 0 Å². The van der Waals surface area contributed by atoms with E-state index < -0.39 is 0 Å². The lowest BCUT2D eigenvalue weighted by molar-refractivity contribution is 0.0940. The Morgan fingerprint density at radius 3 is 2.24 bits per heavy atom. The van der Waals surface area contributed by atoms with Crippen molar-refractivity contribution in [3.05, 3.63) is 69.7 Å². The van der Waals surface area contributed by atoms with Crippen LogP contribution in [0, 0.1) is 0 Å². The van der Waals surface area contributed by atoms with Crippen molar-refractivity contribution in [2.75, 3.05) is 5.88 Å². The van der Waals surface area contributed by atoms with Crippen molar-refractivity contribution in [3.63, 3.8) is 0 Å². The van der Waals surface area contributed by atoms with E-state index in [1.165, 1.54) is 0 Å². The molecule has 0 aliphatic carbocycles. The van der Waals surface area contributed by atoms with Gasteiger partial charge >= 0.3 is 0 Å². The van der Waals surface area contributed by atoms with E-state index in [-0.39, 0.29) is 11.9 Å². The van der Waals surface area contributed by atoms with Crippen molar-refractivity contribution in [2.24, 2.45) is 0 Å². The van der Waals surface area contributed by atoms with E-state index in [0.29, 0.717) is 27.9 Å². The summed E-state index contributed by atoms with van der Waals surface area (Å²) < 4.78 is 0. The summed E-state index contributed by atoms with van der Waals surface area (Å²) >= 11 is 17.8. The van der Waals surface area contributed by atoms with E-state index in [1.54, 1.807) is 18.2 Å². The van der Waals surface area contributed by atoms with Gasteiger partial charge in [-0.05, 0) is 30.2 Å². The lowest BCUT2D eigenvalue weighted by Gasteiger charge is -2.16. The van der Waals surface area contributed by atoms with Gasteiger partial charge in [-0.1, -0.05) is 53.5 Å². The van der Waals surface area contributed by atoms with Gasteiger partial charge in [0, 0.05) is 27.5 Å². The maximum Gasteiger partial charge on any atom is 0.251 e. The second-order valence-corrected chi connectivity index (χ2v) is 5.85. The first-order valence-corrected chi connectivity index (χ1v) is 7.74. The number of benzene rings is 2. The molecule has 0 spiro atoms. The second kappa shape index (κ2) is 7.69. The summed E-state index contributed by atoms with van der Waals surface area (Å²) in [5, 5.41) is 3.76. The Labute approximate surface area is 139 Å². The number of hydrogen-bond acceptors (Lipinski definition) is 1. The number of halogens is 3. The first-order valence-electron chi connectivity index (χ1n) is 6.45. The van der Waals surface area contributed by atoms with Crippen LogP contribution < -0.4 is 5.32 Å². The molecule has 2 rings (SSSR count). The lowest BCUT2D eigenvalue weighted by Crippen LogP contribution is -2.37. The molecule has 2 nitrogen and oxygen atoms in total. The summed E-state index contributed by atoms with van der Waals surface area (Å²) in [6.07, 6.45) is 0.671. The average Bonchev–Trinajstić information content (AvgIpc) is 2.46. The van der Waals surface area contributed by atoms with E-state index in [0.717, 1.165) is 5.56 Å². The molecular weight excluding hydrogens is 329 g/mol. The minimum atomic E-state index is -0.235. The van der Waals surface area contributed by atoms with E-state index >= 15 is 0 Å². The summed E-state index contributed by atoms with van der Waals surface area (Å²) in [4.78, 5) is 12.2. The molecule has 1 amide bonds. The predicted octanol–water partition coefficient (Wildman–Crippen LogP) is 4.57. The standard InChI is InChI=1S/C16H14Cl3NO/c17-10-15(6-11-4-2-1-3-5-11)20-16(21)12-7-13(18)9-14(19)8-12/h1-5,7-9,15H,6,10H2,(H,20,21). The summed E-state index contributed by atoms with van der Waals surface area (Å²) in [5.74, 6) is 0.0931. The lowest BCUT2D eigenvalue weighted by atomic mass is 10.1. The van der Waals surface area contributed by atoms with Gasteiger partial charge in [0.2, 0.25) is 0 Å². The number of carbonyl (C=O) groups is 1. The van der Waals surface area contributed by atoms with Gasteiger partial charge in [-0.25, -0.2) is 0 Å². The van der Waals surface area contributed by atoms with Gasteiger partial charge in [0.25, 0.3) is 5.91 Å². The Kier molecular flexibility index (Phi) is 5.92. The molecule has 0 aliphatic rings. The highest BCUT2D eigenvalue weighted by molar-refractivity contribution is 6.35. The van der Waals surface area contributed by atoms with E-state index in [4.69, 9.17) is 34.8 Å².